The fraction of sp³-hybridized carbons (Fsp3) is 0.312. The second kappa shape index (κ2) is 6.25. The van der Waals surface area contributed by atoms with Crippen LogP contribution in [0.4, 0.5) is 0 Å². The first-order valence-corrected chi connectivity index (χ1v) is 7.24. The van der Waals surface area contributed by atoms with Crippen LogP contribution in [0.15, 0.2) is 42.7 Å². The maximum atomic E-state index is 5.99. The zero-order valence-electron chi connectivity index (χ0n) is 11.2. The van der Waals surface area contributed by atoms with Crippen LogP contribution >= 0.6 is 11.6 Å². The number of aromatic nitrogens is 1. The minimum Gasteiger partial charge on any atom is -0.488 e. The zero-order valence-corrected chi connectivity index (χ0v) is 11.9. The van der Waals surface area contributed by atoms with E-state index < -0.39 is 0 Å². The average Bonchev–Trinajstić information content (AvgIpc) is 2.86. The summed E-state index contributed by atoms with van der Waals surface area (Å²) in [7, 11) is 0. The van der Waals surface area contributed by atoms with Gasteiger partial charge in [-0.2, -0.15) is 0 Å². The lowest BCUT2D eigenvalue weighted by molar-refractivity contribution is 0.228. The monoisotopic (exact) mass is 288 g/mol. The molecule has 2 aromatic rings. The second-order valence-electron chi connectivity index (χ2n) is 5.01. The molecule has 4 heteroatoms. The standard InChI is InChI=1S/C16H17ClN2O/c17-14-3-4-16-13(8-14)9-15(20-16)11-19-7-5-12-2-1-6-18-10-12/h1-4,6,8,10,15,19H,5,7,9,11H2. The maximum absolute atomic E-state index is 5.99. The van der Waals surface area contributed by atoms with Crippen LogP contribution in [0.2, 0.25) is 5.02 Å². The lowest BCUT2D eigenvalue weighted by Gasteiger charge is -2.11. The van der Waals surface area contributed by atoms with Gasteiger partial charge < -0.3 is 10.1 Å². The maximum Gasteiger partial charge on any atom is 0.123 e. The van der Waals surface area contributed by atoms with Gasteiger partial charge in [-0.3, -0.25) is 4.98 Å². The van der Waals surface area contributed by atoms with Gasteiger partial charge in [0.1, 0.15) is 11.9 Å². The summed E-state index contributed by atoms with van der Waals surface area (Å²) < 4.78 is 5.88. The van der Waals surface area contributed by atoms with E-state index in [-0.39, 0.29) is 6.10 Å². The van der Waals surface area contributed by atoms with E-state index in [1.807, 2.05) is 30.5 Å². The number of halogens is 1. The van der Waals surface area contributed by atoms with Gasteiger partial charge in [0.25, 0.3) is 0 Å². The third kappa shape index (κ3) is 3.30. The number of nitrogens with one attached hydrogen (secondary N) is 1. The van der Waals surface area contributed by atoms with E-state index in [9.17, 15) is 0 Å². The molecule has 0 spiro atoms. The Kier molecular flexibility index (Phi) is 4.19. The molecule has 0 saturated carbocycles. The van der Waals surface area contributed by atoms with Crippen molar-refractivity contribution >= 4 is 11.6 Å². The van der Waals surface area contributed by atoms with E-state index in [4.69, 9.17) is 16.3 Å². The van der Waals surface area contributed by atoms with E-state index in [0.29, 0.717) is 0 Å². The normalized spacial score (nSPS) is 16.8. The number of hydrogen-bond acceptors (Lipinski definition) is 3. The molecule has 0 radical (unpaired) electrons. The number of nitrogens with zero attached hydrogens (tertiary/aromatic N) is 1. The van der Waals surface area contributed by atoms with E-state index in [2.05, 4.69) is 16.4 Å². The van der Waals surface area contributed by atoms with Gasteiger partial charge >= 0.3 is 0 Å². The molecule has 1 aliphatic heterocycles. The van der Waals surface area contributed by atoms with Gasteiger partial charge in [-0.25, -0.2) is 0 Å². The number of hydrogen-bond donors (Lipinski definition) is 1. The highest BCUT2D eigenvalue weighted by atomic mass is 35.5. The summed E-state index contributed by atoms with van der Waals surface area (Å²) in [6.07, 6.45) is 5.82. The lowest BCUT2D eigenvalue weighted by Crippen LogP contribution is -2.31. The van der Waals surface area contributed by atoms with Crippen molar-refractivity contribution in [2.24, 2.45) is 0 Å². The van der Waals surface area contributed by atoms with E-state index in [1.165, 1.54) is 11.1 Å². The quantitative estimate of drug-likeness (QED) is 0.859. The van der Waals surface area contributed by atoms with E-state index in [1.54, 1.807) is 6.20 Å². The van der Waals surface area contributed by atoms with Gasteiger partial charge in [-0.15, -0.1) is 0 Å². The summed E-state index contributed by atoms with van der Waals surface area (Å²) >= 11 is 5.99. The van der Waals surface area contributed by atoms with Crippen molar-refractivity contribution in [2.45, 2.75) is 18.9 Å². The van der Waals surface area contributed by atoms with Crippen molar-refractivity contribution in [3.63, 3.8) is 0 Å². The first-order chi connectivity index (χ1) is 9.81. The highest BCUT2D eigenvalue weighted by Crippen LogP contribution is 2.30. The number of benzene rings is 1. The van der Waals surface area contributed by atoms with Gasteiger partial charge in [-0.05, 0) is 48.4 Å². The molecule has 0 amide bonds. The molecule has 1 aromatic carbocycles. The van der Waals surface area contributed by atoms with Crippen molar-refractivity contribution in [1.29, 1.82) is 0 Å². The van der Waals surface area contributed by atoms with Crippen molar-refractivity contribution < 1.29 is 4.74 Å². The summed E-state index contributed by atoms with van der Waals surface area (Å²) in [5.41, 5.74) is 2.46. The molecule has 0 fully saturated rings. The average molecular weight is 289 g/mol. The van der Waals surface area contributed by atoms with Crippen LogP contribution < -0.4 is 10.1 Å². The Morgan fingerprint density at radius 3 is 3.15 bits per heavy atom. The zero-order chi connectivity index (χ0) is 13.8. The van der Waals surface area contributed by atoms with Gasteiger partial charge in [0, 0.05) is 30.4 Å². The Morgan fingerprint density at radius 1 is 1.35 bits per heavy atom. The minimum atomic E-state index is 0.206. The summed E-state index contributed by atoms with van der Waals surface area (Å²) in [5.74, 6) is 0.966. The number of ether oxygens (including phenoxy) is 1. The van der Waals surface area contributed by atoms with E-state index in [0.717, 1.165) is 36.7 Å². The highest BCUT2D eigenvalue weighted by Gasteiger charge is 2.22. The fourth-order valence-corrected chi connectivity index (χ4v) is 2.64. The smallest absolute Gasteiger partial charge is 0.123 e. The Balaban J connectivity index is 1.43. The van der Waals surface area contributed by atoms with Crippen LogP contribution in [0.5, 0.6) is 5.75 Å². The Morgan fingerprint density at radius 2 is 2.30 bits per heavy atom. The second-order valence-corrected chi connectivity index (χ2v) is 5.45. The van der Waals surface area contributed by atoms with Gasteiger partial charge in [0.2, 0.25) is 0 Å². The lowest BCUT2D eigenvalue weighted by atomic mass is 10.1. The molecule has 0 bridgehead atoms. The van der Waals surface area contributed by atoms with Crippen LogP contribution in [-0.2, 0) is 12.8 Å². The summed E-state index contributed by atoms with van der Waals surface area (Å²) in [6.45, 7) is 1.79. The van der Waals surface area contributed by atoms with E-state index >= 15 is 0 Å². The Labute approximate surface area is 123 Å². The summed E-state index contributed by atoms with van der Waals surface area (Å²) in [5, 5.41) is 4.22. The van der Waals surface area contributed by atoms with Crippen molar-refractivity contribution in [1.82, 2.24) is 10.3 Å². The molecular weight excluding hydrogens is 272 g/mol. The highest BCUT2D eigenvalue weighted by molar-refractivity contribution is 6.30. The SMILES string of the molecule is Clc1ccc2c(c1)CC(CNCCc1cccnc1)O2. The Hall–Kier alpha value is -1.58. The van der Waals surface area contributed by atoms with Crippen LogP contribution in [0, 0.1) is 0 Å². The predicted molar refractivity (Wildman–Crippen MR) is 80.4 cm³/mol. The van der Waals surface area contributed by atoms with Crippen LogP contribution in [0.1, 0.15) is 11.1 Å². The molecule has 1 N–H and O–H groups in total. The van der Waals surface area contributed by atoms with Gasteiger partial charge in [0.15, 0.2) is 0 Å². The van der Waals surface area contributed by atoms with Crippen LogP contribution in [-0.4, -0.2) is 24.2 Å². The molecule has 104 valence electrons. The van der Waals surface area contributed by atoms with Gasteiger partial charge in [-0.1, -0.05) is 17.7 Å². The number of pyridine rings is 1. The molecule has 3 rings (SSSR count). The topological polar surface area (TPSA) is 34.2 Å². The number of fused-ring (bicyclic) bond motifs is 1. The molecule has 0 aliphatic carbocycles. The van der Waals surface area contributed by atoms with Crippen molar-refractivity contribution in [3.8, 4) is 5.75 Å². The first kappa shape index (κ1) is 13.4. The fourth-order valence-electron chi connectivity index (χ4n) is 2.44. The predicted octanol–water partition coefficient (Wildman–Crippen LogP) is 2.87. The first-order valence-electron chi connectivity index (χ1n) is 6.86. The largest absolute Gasteiger partial charge is 0.488 e. The molecule has 2 heterocycles. The molecular formula is C16H17ClN2O. The third-order valence-electron chi connectivity index (χ3n) is 3.45. The molecule has 20 heavy (non-hydrogen) atoms. The van der Waals surface area contributed by atoms with Crippen LogP contribution in [0.25, 0.3) is 0 Å². The Bertz CT molecular complexity index is 574. The van der Waals surface area contributed by atoms with Crippen molar-refractivity contribution in [2.75, 3.05) is 13.1 Å². The van der Waals surface area contributed by atoms with Crippen LogP contribution in [0.3, 0.4) is 0 Å². The summed E-state index contributed by atoms with van der Waals surface area (Å²) in [4.78, 5) is 4.11. The summed E-state index contributed by atoms with van der Waals surface area (Å²) in [6, 6.07) is 9.88. The number of rotatable bonds is 5. The van der Waals surface area contributed by atoms with Gasteiger partial charge in [0.05, 0.1) is 0 Å². The third-order valence-corrected chi connectivity index (χ3v) is 3.68. The van der Waals surface area contributed by atoms with Crippen molar-refractivity contribution in [3.05, 3.63) is 58.9 Å². The minimum absolute atomic E-state index is 0.206. The molecule has 1 aliphatic rings. The molecule has 1 aromatic heterocycles. The molecule has 0 saturated heterocycles. The molecule has 1 unspecified atom stereocenters. The molecule has 3 nitrogen and oxygen atoms in total. The molecule has 1 atom stereocenters.